The van der Waals surface area contributed by atoms with Gasteiger partial charge in [-0.05, 0) is 31.8 Å². The molecule has 0 aliphatic heterocycles. The Labute approximate surface area is 194 Å². The van der Waals surface area contributed by atoms with E-state index in [0.717, 1.165) is 0 Å². The third-order valence-electron chi connectivity index (χ3n) is 4.36. The van der Waals surface area contributed by atoms with Gasteiger partial charge in [0.15, 0.2) is 0 Å². The van der Waals surface area contributed by atoms with Crippen molar-refractivity contribution in [1.82, 2.24) is 16.0 Å². The quantitative estimate of drug-likeness (QED) is 0.104. The highest BCUT2D eigenvalue weighted by Gasteiger charge is 2.32. The predicted molar refractivity (Wildman–Crippen MR) is 118 cm³/mol. The van der Waals surface area contributed by atoms with E-state index >= 15 is 0 Å². The fourth-order valence-electron chi connectivity index (χ4n) is 2.53. The molecule has 33 heavy (non-hydrogen) atoms. The average Bonchev–Trinajstić information content (AvgIpc) is 2.71. The number of primary amides is 2. The van der Waals surface area contributed by atoms with Crippen LogP contribution in [-0.2, 0) is 28.8 Å². The van der Waals surface area contributed by atoms with Gasteiger partial charge in [0, 0.05) is 6.42 Å². The topological polar surface area (TPSA) is 257 Å². The zero-order chi connectivity index (χ0) is 25.7. The monoisotopic (exact) mass is 492 g/mol. The van der Waals surface area contributed by atoms with Crippen molar-refractivity contribution >= 4 is 47.3 Å². The lowest BCUT2D eigenvalue weighted by atomic mass is 10.1. The molecule has 0 rings (SSSR count). The van der Waals surface area contributed by atoms with Crippen LogP contribution in [0.5, 0.6) is 0 Å². The van der Waals surface area contributed by atoms with Gasteiger partial charge < -0.3 is 43.4 Å². The summed E-state index contributed by atoms with van der Waals surface area (Å²) in [4.78, 5) is 70.7. The Morgan fingerprint density at radius 1 is 0.879 bits per heavy atom. The normalized spacial score (nSPS) is 15.3. The summed E-state index contributed by atoms with van der Waals surface area (Å²) in [6.45, 7) is 1.23. The van der Waals surface area contributed by atoms with E-state index in [1.807, 2.05) is 0 Å². The molecule has 0 saturated heterocycles. The molecule has 0 aromatic rings. The molecule has 0 fully saturated rings. The number of amides is 5. The Morgan fingerprint density at radius 2 is 1.45 bits per heavy atom. The lowest BCUT2D eigenvalue weighted by Gasteiger charge is -2.26. The molecule has 15 heteroatoms. The standard InChI is InChI=1S/C18H32N6O8S/c1-8(25)14(24-15(28)9(19)3-4-12(20)26)17(30)22-10(5-6-33-2)16(29)23-11(18(31)32)7-13(21)27/h8-11,14,25H,3-7,19H2,1-2H3,(H2,20,26)(H2,21,27)(H,22,30)(H,23,29)(H,24,28)(H,31,32). The largest absolute Gasteiger partial charge is 0.480 e. The molecule has 5 amide bonds. The maximum absolute atomic E-state index is 12.7. The molecule has 0 bridgehead atoms. The number of aliphatic hydroxyl groups excluding tert-OH is 1. The minimum atomic E-state index is -1.60. The van der Waals surface area contributed by atoms with Gasteiger partial charge in [-0.2, -0.15) is 11.8 Å². The molecule has 5 unspecified atom stereocenters. The number of nitrogens with two attached hydrogens (primary N) is 3. The molecule has 5 atom stereocenters. The maximum Gasteiger partial charge on any atom is 0.326 e. The van der Waals surface area contributed by atoms with Crippen LogP contribution in [0.15, 0.2) is 0 Å². The molecule has 0 radical (unpaired) electrons. The van der Waals surface area contributed by atoms with Crippen molar-refractivity contribution in [3.8, 4) is 0 Å². The Balaban J connectivity index is 5.37. The number of hydrogen-bond acceptors (Lipinski definition) is 9. The first-order valence-corrected chi connectivity index (χ1v) is 11.3. The van der Waals surface area contributed by atoms with Crippen LogP contribution in [0.4, 0.5) is 0 Å². The highest BCUT2D eigenvalue weighted by atomic mass is 32.2. The van der Waals surface area contributed by atoms with E-state index in [0.29, 0.717) is 5.75 Å². The molecule has 188 valence electrons. The van der Waals surface area contributed by atoms with Crippen molar-refractivity contribution < 1.29 is 39.0 Å². The summed E-state index contributed by atoms with van der Waals surface area (Å²) in [7, 11) is 0. The van der Waals surface area contributed by atoms with E-state index in [-0.39, 0.29) is 19.3 Å². The summed E-state index contributed by atoms with van der Waals surface area (Å²) in [6.07, 6.45) is -0.448. The van der Waals surface area contributed by atoms with Gasteiger partial charge in [-0.15, -0.1) is 0 Å². The van der Waals surface area contributed by atoms with Gasteiger partial charge in [-0.1, -0.05) is 0 Å². The molecular formula is C18H32N6O8S. The van der Waals surface area contributed by atoms with Gasteiger partial charge in [-0.25, -0.2) is 4.79 Å². The smallest absolute Gasteiger partial charge is 0.326 e. The third-order valence-corrected chi connectivity index (χ3v) is 5.01. The number of hydrogen-bond donors (Lipinski definition) is 8. The first-order chi connectivity index (χ1) is 15.3. The molecule has 0 aromatic heterocycles. The van der Waals surface area contributed by atoms with Gasteiger partial charge >= 0.3 is 5.97 Å². The molecule has 0 aliphatic carbocycles. The van der Waals surface area contributed by atoms with Crippen molar-refractivity contribution in [2.45, 2.75) is 62.9 Å². The second-order valence-corrected chi connectivity index (χ2v) is 8.24. The fraction of sp³-hybridized carbons (Fsp3) is 0.667. The van der Waals surface area contributed by atoms with Crippen molar-refractivity contribution in [1.29, 1.82) is 0 Å². The number of aliphatic carboxylic acids is 1. The molecule has 14 nitrogen and oxygen atoms in total. The highest BCUT2D eigenvalue weighted by molar-refractivity contribution is 7.98. The lowest BCUT2D eigenvalue weighted by Crippen LogP contribution is -2.60. The van der Waals surface area contributed by atoms with Crippen LogP contribution < -0.4 is 33.2 Å². The van der Waals surface area contributed by atoms with Gasteiger partial charge in [-0.3, -0.25) is 24.0 Å². The Hall–Kier alpha value is -2.91. The van der Waals surface area contributed by atoms with Crippen LogP contribution in [0.3, 0.4) is 0 Å². The molecular weight excluding hydrogens is 460 g/mol. The van der Waals surface area contributed by atoms with E-state index in [1.165, 1.54) is 18.7 Å². The van der Waals surface area contributed by atoms with Gasteiger partial charge in [0.1, 0.15) is 18.1 Å². The van der Waals surface area contributed by atoms with Crippen LogP contribution in [-0.4, -0.2) is 88.0 Å². The number of rotatable bonds is 16. The van der Waals surface area contributed by atoms with E-state index in [2.05, 4.69) is 16.0 Å². The van der Waals surface area contributed by atoms with Crippen molar-refractivity contribution in [3.05, 3.63) is 0 Å². The minimum Gasteiger partial charge on any atom is -0.480 e. The number of carbonyl (C=O) groups excluding carboxylic acids is 5. The number of nitrogens with one attached hydrogen (secondary N) is 3. The highest BCUT2D eigenvalue weighted by Crippen LogP contribution is 2.05. The molecule has 0 spiro atoms. The van der Waals surface area contributed by atoms with Crippen LogP contribution >= 0.6 is 11.8 Å². The summed E-state index contributed by atoms with van der Waals surface area (Å²) in [5.74, 6) is -5.34. The predicted octanol–water partition coefficient (Wildman–Crippen LogP) is -3.87. The molecule has 11 N–H and O–H groups in total. The summed E-state index contributed by atoms with van der Waals surface area (Å²) < 4.78 is 0. The van der Waals surface area contributed by atoms with Crippen LogP contribution in [0.2, 0.25) is 0 Å². The first kappa shape index (κ1) is 30.1. The molecule has 0 heterocycles. The second kappa shape index (κ2) is 15.0. The van der Waals surface area contributed by atoms with Crippen LogP contribution in [0.25, 0.3) is 0 Å². The summed E-state index contributed by atoms with van der Waals surface area (Å²) in [5, 5.41) is 25.9. The Kier molecular flexibility index (Phi) is 13.7. The zero-order valence-corrected chi connectivity index (χ0v) is 19.2. The summed E-state index contributed by atoms with van der Waals surface area (Å²) in [6, 6.07) is -5.50. The van der Waals surface area contributed by atoms with Crippen LogP contribution in [0.1, 0.15) is 32.6 Å². The summed E-state index contributed by atoms with van der Waals surface area (Å²) >= 11 is 1.35. The van der Waals surface area contributed by atoms with Crippen molar-refractivity contribution in [3.63, 3.8) is 0 Å². The Bertz CT molecular complexity index is 735. The van der Waals surface area contributed by atoms with Gasteiger partial charge in [0.05, 0.1) is 18.6 Å². The van der Waals surface area contributed by atoms with E-state index in [4.69, 9.17) is 22.3 Å². The van der Waals surface area contributed by atoms with E-state index < -0.39 is 72.2 Å². The average molecular weight is 493 g/mol. The number of thioether (sulfide) groups is 1. The van der Waals surface area contributed by atoms with E-state index in [1.54, 1.807) is 6.26 Å². The van der Waals surface area contributed by atoms with E-state index in [9.17, 15) is 33.9 Å². The van der Waals surface area contributed by atoms with Crippen molar-refractivity contribution in [2.24, 2.45) is 17.2 Å². The number of aliphatic hydroxyl groups is 1. The minimum absolute atomic E-state index is 0.0789. The molecule has 0 aliphatic rings. The summed E-state index contributed by atoms with van der Waals surface area (Å²) in [5.41, 5.74) is 15.7. The zero-order valence-electron chi connectivity index (χ0n) is 18.4. The molecule has 0 saturated carbocycles. The maximum atomic E-state index is 12.7. The van der Waals surface area contributed by atoms with Crippen LogP contribution in [0, 0.1) is 0 Å². The first-order valence-electron chi connectivity index (χ1n) is 9.93. The third kappa shape index (κ3) is 12.1. The Morgan fingerprint density at radius 3 is 1.91 bits per heavy atom. The van der Waals surface area contributed by atoms with Crippen molar-refractivity contribution in [2.75, 3.05) is 12.0 Å². The SMILES string of the molecule is CSCCC(NC(=O)C(NC(=O)C(N)CCC(N)=O)C(C)O)C(=O)NC(CC(N)=O)C(=O)O. The van der Waals surface area contributed by atoms with Gasteiger partial charge in [0.2, 0.25) is 29.5 Å². The molecule has 0 aromatic carbocycles. The second-order valence-electron chi connectivity index (χ2n) is 7.25. The number of carbonyl (C=O) groups is 6. The number of carboxylic acids is 1. The lowest BCUT2D eigenvalue weighted by molar-refractivity contribution is -0.144. The van der Waals surface area contributed by atoms with Gasteiger partial charge in [0.25, 0.3) is 0 Å². The fourth-order valence-corrected chi connectivity index (χ4v) is 3.01. The number of carboxylic acid groups (broad SMARTS) is 1.